The van der Waals surface area contributed by atoms with Crippen molar-refractivity contribution in [2.75, 3.05) is 19.8 Å². The van der Waals surface area contributed by atoms with Crippen molar-refractivity contribution in [2.45, 2.75) is 263 Å². The van der Waals surface area contributed by atoms with Crippen LogP contribution in [0, 0.1) is 0 Å². The third-order valence-corrected chi connectivity index (χ3v) is 11.8. The Kier molecular flexibility index (Phi) is 40.0. The third-order valence-electron chi connectivity index (χ3n) is 11.8. The number of unbranched alkanes of at least 4 members (excludes halogenated alkanes) is 26. The molecule has 10 heteroatoms. The normalized spacial score (nSPS) is 19.9. The Morgan fingerprint density at radius 1 is 0.516 bits per heavy atom. The van der Waals surface area contributed by atoms with Gasteiger partial charge < -0.3 is 39.4 Å². The summed E-state index contributed by atoms with van der Waals surface area (Å²) in [7, 11) is 0. The fourth-order valence-electron chi connectivity index (χ4n) is 7.79. The van der Waals surface area contributed by atoms with Gasteiger partial charge in [0.2, 0.25) is 0 Å². The highest BCUT2D eigenvalue weighted by Crippen LogP contribution is 2.23. The van der Waals surface area contributed by atoms with Crippen LogP contribution in [0.25, 0.3) is 0 Å². The molecule has 62 heavy (non-hydrogen) atoms. The van der Waals surface area contributed by atoms with Gasteiger partial charge in [-0.05, 0) is 44.9 Å². The number of hydrogen-bond donors (Lipinski definition) is 4. The number of rotatable bonds is 43. The molecule has 0 saturated carbocycles. The molecule has 10 nitrogen and oxygen atoms in total. The van der Waals surface area contributed by atoms with Gasteiger partial charge in [0, 0.05) is 12.8 Å². The van der Waals surface area contributed by atoms with Gasteiger partial charge in [0.05, 0.1) is 13.2 Å². The van der Waals surface area contributed by atoms with Gasteiger partial charge in [-0.25, -0.2) is 0 Å². The van der Waals surface area contributed by atoms with E-state index in [0.717, 1.165) is 57.8 Å². The Bertz CT molecular complexity index is 1110. The van der Waals surface area contributed by atoms with Gasteiger partial charge in [-0.2, -0.15) is 0 Å². The number of carbonyl (C=O) groups is 2. The summed E-state index contributed by atoms with van der Waals surface area (Å²) in [5.41, 5.74) is 0. The molecule has 6 atom stereocenters. The highest BCUT2D eigenvalue weighted by atomic mass is 16.7. The van der Waals surface area contributed by atoms with E-state index in [-0.39, 0.29) is 32.0 Å². The first-order chi connectivity index (χ1) is 30.3. The van der Waals surface area contributed by atoms with Crippen LogP contribution in [0.2, 0.25) is 0 Å². The fourth-order valence-corrected chi connectivity index (χ4v) is 7.79. The van der Waals surface area contributed by atoms with E-state index in [1.165, 1.54) is 135 Å². The smallest absolute Gasteiger partial charge is 0.306 e. The van der Waals surface area contributed by atoms with Crippen molar-refractivity contribution in [3.63, 3.8) is 0 Å². The summed E-state index contributed by atoms with van der Waals surface area (Å²) in [4.78, 5) is 25.4. The average Bonchev–Trinajstić information content (AvgIpc) is 3.27. The Morgan fingerprint density at radius 2 is 0.952 bits per heavy atom. The van der Waals surface area contributed by atoms with E-state index in [4.69, 9.17) is 18.9 Å². The third kappa shape index (κ3) is 33.4. The number of ether oxygens (including phenoxy) is 4. The molecule has 0 amide bonds. The van der Waals surface area contributed by atoms with Gasteiger partial charge in [-0.15, -0.1) is 0 Å². The summed E-state index contributed by atoms with van der Waals surface area (Å²) >= 11 is 0. The topological polar surface area (TPSA) is 152 Å². The molecule has 1 saturated heterocycles. The number of aliphatic hydroxyl groups is 4. The number of allylic oxidation sites excluding steroid dienone is 6. The highest BCUT2D eigenvalue weighted by molar-refractivity contribution is 5.70. The maximum atomic E-state index is 12.8. The SMILES string of the molecule is CC/C=C\C/C=C\C/C=C\CCCCCC(=O)OC(COC(=O)CCCCCCCCCCCCCCCCCCCCCCCCCC)COC1OC(CO)C(O)C(O)C1O. The number of esters is 2. The van der Waals surface area contributed by atoms with Crippen LogP contribution in [0.5, 0.6) is 0 Å². The van der Waals surface area contributed by atoms with Crippen molar-refractivity contribution < 1.29 is 49.0 Å². The lowest BCUT2D eigenvalue weighted by Crippen LogP contribution is -2.59. The molecule has 0 aromatic heterocycles. The van der Waals surface area contributed by atoms with E-state index in [2.05, 4.69) is 50.3 Å². The van der Waals surface area contributed by atoms with Crippen LogP contribution in [0.3, 0.4) is 0 Å². The van der Waals surface area contributed by atoms with Gasteiger partial charge >= 0.3 is 11.9 Å². The summed E-state index contributed by atoms with van der Waals surface area (Å²) in [5, 5.41) is 40.1. The summed E-state index contributed by atoms with van der Waals surface area (Å²) in [6.07, 6.45) is 43.2. The predicted molar refractivity (Wildman–Crippen MR) is 252 cm³/mol. The van der Waals surface area contributed by atoms with E-state index < -0.39 is 49.4 Å². The second kappa shape index (κ2) is 42.8. The van der Waals surface area contributed by atoms with Crippen LogP contribution in [0.1, 0.15) is 226 Å². The summed E-state index contributed by atoms with van der Waals surface area (Å²) < 4.78 is 22.2. The van der Waals surface area contributed by atoms with Crippen LogP contribution < -0.4 is 0 Å². The summed E-state index contributed by atoms with van der Waals surface area (Å²) in [6, 6.07) is 0. The molecular weight excluding hydrogens is 785 g/mol. The number of aliphatic hydroxyl groups excluding tert-OH is 4. The van der Waals surface area contributed by atoms with Crippen LogP contribution in [-0.4, -0.2) is 89.0 Å². The van der Waals surface area contributed by atoms with Gasteiger partial charge in [-0.1, -0.05) is 204 Å². The molecule has 1 aliphatic rings. The minimum absolute atomic E-state index is 0.196. The van der Waals surface area contributed by atoms with Gasteiger partial charge in [0.1, 0.15) is 31.0 Å². The van der Waals surface area contributed by atoms with Crippen molar-refractivity contribution in [3.8, 4) is 0 Å². The van der Waals surface area contributed by atoms with E-state index in [1.807, 2.05) is 0 Å². The molecule has 0 spiro atoms. The zero-order chi connectivity index (χ0) is 45.1. The van der Waals surface area contributed by atoms with E-state index in [1.54, 1.807) is 0 Å². The molecule has 1 heterocycles. The van der Waals surface area contributed by atoms with Crippen molar-refractivity contribution in [3.05, 3.63) is 36.5 Å². The molecule has 0 aliphatic carbocycles. The summed E-state index contributed by atoms with van der Waals surface area (Å²) in [5.74, 6) is -0.833. The zero-order valence-electron chi connectivity index (χ0n) is 39.6. The van der Waals surface area contributed by atoms with Crippen molar-refractivity contribution >= 4 is 11.9 Å². The highest BCUT2D eigenvalue weighted by Gasteiger charge is 2.44. The molecule has 1 aliphatic heterocycles. The molecule has 4 N–H and O–H groups in total. The van der Waals surface area contributed by atoms with E-state index in [9.17, 15) is 30.0 Å². The monoisotopic (exact) mass is 879 g/mol. The fraction of sp³-hybridized carbons (Fsp3) is 0.846. The minimum Gasteiger partial charge on any atom is -0.462 e. The first kappa shape index (κ1) is 57.9. The standard InChI is InChI=1S/C52H94O10/c1-3-5-7-9-11-13-15-17-18-19-20-21-22-23-24-25-26-27-29-30-32-34-36-38-40-47(54)59-43-45(44-60-52-51(58)50(57)49(56)46(42-53)62-52)61-48(55)41-39-37-35-33-31-28-16-14-12-10-8-6-4-2/h6,8,12,14,28,31,45-46,49-53,56-58H,3-5,7,9-11,13,15-27,29-30,32-44H2,1-2H3/b8-6-,14-12-,31-28-. The second-order valence-electron chi connectivity index (χ2n) is 17.6. The maximum Gasteiger partial charge on any atom is 0.306 e. The molecule has 0 aromatic carbocycles. The average molecular weight is 879 g/mol. The first-order valence-corrected chi connectivity index (χ1v) is 25.6. The van der Waals surface area contributed by atoms with E-state index >= 15 is 0 Å². The quantitative estimate of drug-likeness (QED) is 0.0265. The lowest BCUT2D eigenvalue weighted by Gasteiger charge is -2.39. The molecule has 1 rings (SSSR count). The van der Waals surface area contributed by atoms with E-state index in [0.29, 0.717) is 6.42 Å². The molecule has 0 bridgehead atoms. The second-order valence-corrected chi connectivity index (χ2v) is 17.6. The van der Waals surface area contributed by atoms with Crippen molar-refractivity contribution in [2.24, 2.45) is 0 Å². The van der Waals surface area contributed by atoms with Crippen molar-refractivity contribution in [1.82, 2.24) is 0 Å². The Balaban J connectivity index is 2.21. The van der Waals surface area contributed by atoms with Crippen molar-refractivity contribution in [1.29, 1.82) is 0 Å². The molecule has 0 aromatic rings. The number of carbonyl (C=O) groups excluding carboxylic acids is 2. The van der Waals surface area contributed by atoms with Gasteiger partial charge in [0.15, 0.2) is 12.4 Å². The lowest BCUT2D eigenvalue weighted by atomic mass is 9.99. The Hall–Kier alpha value is -2.08. The molecule has 0 radical (unpaired) electrons. The molecular formula is C52H94O10. The molecule has 1 fully saturated rings. The Morgan fingerprint density at radius 3 is 1.44 bits per heavy atom. The number of hydrogen-bond acceptors (Lipinski definition) is 10. The minimum atomic E-state index is -1.60. The lowest BCUT2D eigenvalue weighted by molar-refractivity contribution is -0.305. The van der Waals surface area contributed by atoms with Crippen LogP contribution in [0.15, 0.2) is 36.5 Å². The maximum absolute atomic E-state index is 12.8. The molecule has 6 unspecified atom stereocenters. The largest absolute Gasteiger partial charge is 0.462 e. The van der Waals surface area contributed by atoms with Gasteiger partial charge in [-0.3, -0.25) is 9.59 Å². The van der Waals surface area contributed by atoms with Gasteiger partial charge in [0.25, 0.3) is 0 Å². The Labute approximate surface area is 378 Å². The first-order valence-electron chi connectivity index (χ1n) is 25.6. The molecule has 362 valence electrons. The van der Waals surface area contributed by atoms with Crippen LogP contribution in [0.4, 0.5) is 0 Å². The zero-order valence-corrected chi connectivity index (χ0v) is 39.6. The van der Waals surface area contributed by atoms with Crippen LogP contribution >= 0.6 is 0 Å². The van der Waals surface area contributed by atoms with Crippen LogP contribution in [-0.2, 0) is 28.5 Å². The predicted octanol–water partition coefficient (Wildman–Crippen LogP) is 11.8. The summed E-state index contributed by atoms with van der Waals surface area (Å²) in [6.45, 7) is 3.31.